The van der Waals surface area contributed by atoms with Gasteiger partial charge in [0.2, 0.25) is 5.91 Å². The van der Waals surface area contributed by atoms with E-state index in [2.05, 4.69) is 10.6 Å². The van der Waals surface area contributed by atoms with Gasteiger partial charge in [-0.15, -0.1) is 0 Å². The van der Waals surface area contributed by atoms with Gasteiger partial charge in [0.25, 0.3) is 0 Å². The lowest BCUT2D eigenvalue weighted by Crippen LogP contribution is -2.35. The topological polar surface area (TPSA) is 41.1 Å². The smallest absolute Gasteiger partial charge is 0.230 e. The number of aryl methyl sites for hydroxylation is 2. The minimum absolute atomic E-state index is 0.120. The van der Waals surface area contributed by atoms with Crippen LogP contribution in [0.15, 0.2) is 48.5 Å². The van der Waals surface area contributed by atoms with Crippen LogP contribution in [0.3, 0.4) is 0 Å². The second-order valence-corrected chi connectivity index (χ2v) is 5.34. The molecular formula is C17H18N2OS. The highest BCUT2D eigenvalue weighted by Gasteiger charge is 2.08. The molecule has 0 aliphatic carbocycles. The largest absolute Gasteiger partial charge is 0.332 e. The average Bonchev–Trinajstić information content (AvgIpc) is 2.44. The first-order chi connectivity index (χ1) is 10.1. The summed E-state index contributed by atoms with van der Waals surface area (Å²) in [5, 5.41) is 6.13. The predicted octanol–water partition coefficient (Wildman–Crippen LogP) is 3.36. The molecule has 0 saturated carbocycles. The molecule has 0 fully saturated rings. The lowest BCUT2D eigenvalue weighted by Gasteiger charge is -2.14. The molecule has 4 heteroatoms. The van der Waals surface area contributed by atoms with E-state index in [4.69, 9.17) is 12.2 Å². The van der Waals surface area contributed by atoms with Gasteiger partial charge in [-0.25, -0.2) is 0 Å². The number of rotatable bonds is 3. The van der Waals surface area contributed by atoms with Crippen molar-refractivity contribution >= 4 is 28.9 Å². The third-order valence-electron chi connectivity index (χ3n) is 3.18. The quantitative estimate of drug-likeness (QED) is 0.854. The molecule has 1 amide bonds. The van der Waals surface area contributed by atoms with Crippen molar-refractivity contribution in [2.75, 3.05) is 5.32 Å². The van der Waals surface area contributed by atoms with Gasteiger partial charge >= 0.3 is 0 Å². The van der Waals surface area contributed by atoms with Gasteiger partial charge in [-0.1, -0.05) is 48.5 Å². The fourth-order valence-electron chi connectivity index (χ4n) is 2.11. The van der Waals surface area contributed by atoms with Gasteiger partial charge in [-0.05, 0) is 42.8 Å². The maximum atomic E-state index is 11.9. The Kier molecular flexibility index (Phi) is 5.06. The molecule has 2 N–H and O–H groups in total. The normalized spacial score (nSPS) is 10.0. The Morgan fingerprint density at radius 2 is 1.62 bits per heavy atom. The van der Waals surface area contributed by atoms with Gasteiger partial charge in [-0.3, -0.25) is 4.79 Å². The van der Waals surface area contributed by atoms with Crippen molar-refractivity contribution in [2.24, 2.45) is 0 Å². The number of nitrogens with one attached hydrogen (secondary N) is 2. The zero-order valence-corrected chi connectivity index (χ0v) is 13.0. The van der Waals surface area contributed by atoms with Gasteiger partial charge < -0.3 is 10.6 Å². The van der Waals surface area contributed by atoms with E-state index in [1.165, 1.54) is 0 Å². The SMILES string of the molecule is Cc1cccc(C)c1NC(=S)NC(=O)Cc1ccccc1. The molecule has 0 aromatic heterocycles. The number of hydrogen-bond donors (Lipinski definition) is 2. The number of anilines is 1. The van der Waals surface area contributed by atoms with E-state index < -0.39 is 0 Å². The number of carbonyl (C=O) groups is 1. The number of thiocarbonyl (C=S) groups is 1. The van der Waals surface area contributed by atoms with Gasteiger partial charge in [0.05, 0.1) is 6.42 Å². The molecule has 0 atom stereocenters. The van der Waals surface area contributed by atoms with Crippen LogP contribution in [0.1, 0.15) is 16.7 Å². The van der Waals surface area contributed by atoms with Crippen LogP contribution in [0, 0.1) is 13.8 Å². The van der Waals surface area contributed by atoms with Crippen molar-refractivity contribution in [1.29, 1.82) is 0 Å². The fourth-order valence-corrected chi connectivity index (χ4v) is 2.32. The summed E-state index contributed by atoms with van der Waals surface area (Å²) >= 11 is 5.20. The first kappa shape index (κ1) is 15.2. The first-order valence-corrected chi connectivity index (χ1v) is 7.18. The second kappa shape index (κ2) is 6.99. The van der Waals surface area contributed by atoms with Crippen LogP contribution in [0.2, 0.25) is 0 Å². The van der Waals surface area contributed by atoms with E-state index in [0.717, 1.165) is 22.4 Å². The van der Waals surface area contributed by atoms with Crippen LogP contribution in [0.25, 0.3) is 0 Å². The molecule has 21 heavy (non-hydrogen) atoms. The molecule has 2 rings (SSSR count). The highest BCUT2D eigenvalue weighted by atomic mass is 32.1. The van der Waals surface area contributed by atoms with Crippen LogP contribution >= 0.6 is 12.2 Å². The molecule has 0 saturated heterocycles. The van der Waals surface area contributed by atoms with Crippen molar-refractivity contribution < 1.29 is 4.79 Å². The Bertz CT molecular complexity index is 633. The second-order valence-electron chi connectivity index (χ2n) is 4.93. The minimum Gasteiger partial charge on any atom is -0.332 e. The van der Waals surface area contributed by atoms with E-state index in [1.807, 2.05) is 62.4 Å². The standard InChI is InChI=1S/C17H18N2OS/c1-12-7-6-8-13(2)16(12)19-17(21)18-15(20)11-14-9-4-3-5-10-14/h3-10H,11H2,1-2H3,(H2,18,19,20,21). The summed E-state index contributed by atoms with van der Waals surface area (Å²) in [7, 11) is 0. The molecule has 0 heterocycles. The summed E-state index contributed by atoms with van der Waals surface area (Å²) in [5.41, 5.74) is 4.09. The van der Waals surface area contributed by atoms with Crippen molar-refractivity contribution in [3.8, 4) is 0 Å². The summed E-state index contributed by atoms with van der Waals surface area (Å²) < 4.78 is 0. The molecule has 0 spiro atoms. The minimum atomic E-state index is -0.120. The maximum absolute atomic E-state index is 11.9. The Hall–Kier alpha value is -2.20. The molecule has 108 valence electrons. The zero-order chi connectivity index (χ0) is 15.2. The Balaban J connectivity index is 1.94. The van der Waals surface area contributed by atoms with Crippen molar-refractivity contribution in [1.82, 2.24) is 5.32 Å². The summed E-state index contributed by atoms with van der Waals surface area (Å²) in [6, 6.07) is 15.6. The Morgan fingerprint density at radius 3 is 2.24 bits per heavy atom. The molecule has 0 unspecified atom stereocenters. The maximum Gasteiger partial charge on any atom is 0.230 e. The number of para-hydroxylation sites is 1. The van der Waals surface area contributed by atoms with Gasteiger partial charge in [0.1, 0.15) is 0 Å². The predicted molar refractivity (Wildman–Crippen MR) is 90.4 cm³/mol. The van der Waals surface area contributed by atoms with Crippen LogP contribution in [0.4, 0.5) is 5.69 Å². The summed E-state index contributed by atoms with van der Waals surface area (Å²) in [6.45, 7) is 4.01. The number of carbonyl (C=O) groups excluding carboxylic acids is 1. The molecule has 2 aromatic rings. The van der Waals surface area contributed by atoms with Crippen molar-refractivity contribution in [2.45, 2.75) is 20.3 Å². The van der Waals surface area contributed by atoms with Crippen LogP contribution in [-0.2, 0) is 11.2 Å². The first-order valence-electron chi connectivity index (χ1n) is 6.77. The Morgan fingerprint density at radius 1 is 1.00 bits per heavy atom. The van der Waals surface area contributed by atoms with E-state index in [9.17, 15) is 4.79 Å². The summed E-state index contributed by atoms with van der Waals surface area (Å²) in [5.74, 6) is -0.120. The zero-order valence-electron chi connectivity index (χ0n) is 12.1. The fraction of sp³-hybridized carbons (Fsp3) is 0.176. The van der Waals surface area contributed by atoms with E-state index >= 15 is 0 Å². The molecule has 0 aliphatic rings. The molecule has 0 radical (unpaired) electrons. The third-order valence-corrected chi connectivity index (χ3v) is 3.38. The highest BCUT2D eigenvalue weighted by Crippen LogP contribution is 2.19. The van der Waals surface area contributed by atoms with E-state index in [0.29, 0.717) is 11.5 Å². The molecule has 2 aromatic carbocycles. The lowest BCUT2D eigenvalue weighted by atomic mass is 10.1. The summed E-state index contributed by atoms with van der Waals surface area (Å²) in [4.78, 5) is 11.9. The number of amides is 1. The number of benzene rings is 2. The van der Waals surface area contributed by atoms with Gasteiger partial charge in [0, 0.05) is 5.69 Å². The summed E-state index contributed by atoms with van der Waals surface area (Å²) in [6.07, 6.45) is 0.315. The van der Waals surface area contributed by atoms with E-state index in [1.54, 1.807) is 0 Å². The van der Waals surface area contributed by atoms with Gasteiger partial charge in [-0.2, -0.15) is 0 Å². The third kappa shape index (κ3) is 4.39. The van der Waals surface area contributed by atoms with Crippen LogP contribution in [0.5, 0.6) is 0 Å². The molecule has 0 aliphatic heterocycles. The molecule has 0 bridgehead atoms. The molecular weight excluding hydrogens is 280 g/mol. The Labute approximate surface area is 130 Å². The van der Waals surface area contributed by atoms with Gasteiger partial charge in [0.15, 0.2) is 5.11 Å². The average molecular weight is 298 g/mol. The lowest BCUT2D eigenvalue weighted by molar-refractivity contribution is -0.119. The van der Waals surface area contributed by atoms with Crippen molar-refractivity contribution in [3.63, 3.8) is 0 Å². The highest BCUT2D eigenvalue weighted by molar-refractivity contribution is 7.80. The van der Waals surface area contributed by atoms with Crippen LogP contribution < -0.4 is 10.6 Å². The molecule has 3 nitrogen and oxygen atoms in total. The van der Waals surface area contributed by atoms with E-state index in [-0.39, 0.29) is 5.91 Å². The van der Waals surface area contributed by atoms with Crippen LogP contribution in [-0.4, -0.2) is 11.0 Å². The van der Waals surface area contributed by atoms with Crippen molar-refractivity contribution in [3.05, 3.63) is 65.2 Å². The number of hydrogen-bond acceptors (Lipinski definition) is 2. The monoisotopic (exact) mass is 298 g/mol.